The van der Waals surface area contributed by atoms with Crippen molar-refractivity contribution in [1.82, 2.24) is 0 Å². The number of benzene rings is 1. The topological polar surface area (TPSA) is 23.1 Å². The Morgan fingerprint density at radius 1 is 0.792 bits per heavy atom. The Morgan fingerprint density at radius 3 is 1.62 bits per heavy atom. The van der Waals surface area contributed by atoms with Crippen molar-refractivity contribution in [1.29, 1.82) is 0 Å². The van der Waals surface area contributed by atoms with Crippen LogP contribution in [-0.4, -0.2) is 18.5 Å². The highest BCUT2D eigenvalue weighted by atomic mass is 31.2. The smallest absolute Gasteiger partial charge is 0.0630 e. The van der Waals surface area contributed by atoms with Gasteiger partial charge in [-0.15, -0.1) is 0 Å². The largest absolute Gasteiger partial charge is 0.845 e. The van der Waals surface area contributed by atoms with Gasteiger partial charge in [0.2, 0.25) is 0 Å². The lowest BCUT2D eigenvalue weighted by Crippen LogP contribution is -2.20. The van der Waals surface area contributed by atoms with E-state index in [1.54, 1.807) is 0 Å². The first-order chi connectivity index (χ1) is 11.6. The number of hydrogen-bond acceptors (Lipinski definition) is 1. The van der Waals surface area contributed by atoms with Gasteiger partial charge in [0.1, 0.15) is 0 Å². The molecule has 2 heteroatoms. The van der Waals surface area contributed by atoms with Crippen molar-refractivity contribution in [2.45, 2.75) is 72.6 Å². The van der Waals surface area contributed by atoms with Crippen molar-refractivity contribution in [3.63, 3.8) is 0 Å². The summed E-state index contributed by atoms with van der Waals surface area (Å²) in [4.78, 5) is 0. The molecule has 0 heterocycles. The van der Waals surface area contributed by atoms with Crippen LogP contribution in [0.4, 0.5) is 0 Å². The van der Waals surface area contributed by atoms with Crippen molar-refractivity contribution < 1.29 is 5.11 Å². The molecule has 0 aromatic heterocycles. The van der Waals surface area contributed by atoms with Crippen LogP contribution in [0, 0.1) is 0 Å². The first-order valence-corrected chi connectivity index (χ1v) is 12.3. The molecule has 1 aromatic carbocycles. The van der Waals surface area contributed by atoms with Gasteiger partial charge in [-0.05, 0) is 36.8 Å². The minimum atomic E-state index is -1.55. The molecular formula is C22H37OP. The van der Waals surface area contributed by atoms with Crippen LogP contribution in [0.15, 0.2) is 35.8 Å². The van der Waals surface area contributed by atoms with Crippen LogP contribution in [0.5, 0.6) is 0 Å². The van der Waals surface area contributed by atoms with Gasteiger partial charge in [-0.1, -0.05) is 77.3 Å². The van der Waals surface area contributed by atoms with Crippen molar-refractivity contribution in [2.75, 3.05) is 18.5 Å². The fourth-order valence-corrected chi connectivity index (χ4v) is 8.33. The molecule has 0 amide bonds. The third kappa shape index (κ3) is 5.92. The molecule has 0 fully saturated rings. The molecule has 0 aliphatic rings. The summed E-state index contributed by atoms with van der Waals surface area (Å²) < 4.78 is 0. The van der Waals surface area contributed by atoms with E-state index in [1.807, 2.05) is 6.07 Å². The first-order valence-electron chi connectivity index (χ1n) is 9.97. The van der Waals surface area contributed by atoms with E-state index >= 15 is 0 Å². The van der Waals surface area contributed by atoms with E-state index in [4.69, 9.17) is 0 Å². The van der Waals surface area contributed by atoms with Gasteiger partial charge in [0.25, 0.3) is 0 Å². The summed E-state index contributed by atoms with van der Waals surface area (Å²) in [6, 6.07) is 10.4. The SMILES string of the molecule is CCCC[P+](CCCC)(CCCC)/C([O-])=C(\CC)c1ccccc1. The van der Waals surface area contributed by atoms with E-state index in [0.29, 0.717) is 5.50 Å². The molecule has 0 spiro atoms. The second kappa shape index (κ2) is 11.7. The maximum Gasteiger partial charge on any atom is 0.0630 e. The summed E-state index contributed by atoms with van der Waals surface area (Å²) in [6.45, 7) is 8.90. The Bertz CT molecular complexity index is 456. The van der Waals surface area contributed by atoms with E-state index < -0.39 is 7.26 Å². The van der Waals surface area contributed by atoms with Crippen LogP contribution in [0.25, 0.3) is 5.57 Å². The fraction of sp³-hybridized carbons (Fsp3) is 0.636. The van der Waals surface area contributed by atoms with E-state index in [2.05, 4.69) is 52.0 Å². The Labute approximate surface area is 150 Å². The predicted octanol–water partition coefficient (Wildman–Crippen LogP) is 6.54. The number of unbranched alkanes of at least 4 members (excludes halogenated alkanes) is 3. The van der Waals surface area contributed by atoms with Crippen molar-refractivity contribution in [3.8, 4) is 0 Å². The second-order valence-corrected chi connectivity index (χ2v) is 10.9. The summed E-state index contributed by atoms with van der Waals surface area (Å²) in [5.41, 5.74) is 2.79. The van der Waals surface area contributed by atoms with Crippen LogP contribution in [0.2, 0.25) is 0 Å². The van der Waals surface area contributed by atoms with Gasteiger partial charge in [-0.2, -0.15) is 0 Å². The third-order valence-electron chi connectivity index (χ3n) is 4.98. The summed E-state index contributed by atoms with van der Waals surface area (Å²) in [5.74, 6) is 0. The Kier molecular flexibility index (Phi) is 10.3. The van der Waals surface area contributed by atoms with E-state index in [-0.39, 0.29) is 0 Å². The van der Waals surface area contributed by atoms with Crippen molar-refractivity contribution in [3.05, 3.63) is 41.4 Å². The quantitative estimate of drug-likeness (QED) is 0.310. The zero-order valence-electron chi connectivity index (χ0n) is 16.3. The lowest BCUT2D eigenvalue weighted by atomic mass is 10.1. The molecule has 1 aromatic rings. The highest BCUT2D eigenvalue weighted by Crippen LogP contribution is 2.66. The minimum absolute atomic E-state index is 0.548. The molecule has 0 unspecified atom stereocenters. The first kappa shape index (κ1) is 21.2. The summed E-state index contributed by atoms with van der Waals surface area (Å²) >= 11 is 0. The van der Waals surface area contributed by atoms with Crippen LogP contribution >= 0.6 is 7.26 Å². The summed E-state index contributed by atoms with van der Waals surface area (Å²) in [5, 5.41) is 13.7. The van der Waals surface area contributed by atoms with Crippen LogP contribution < -0.4 is 5.11 Å². The molecule has 0 atom stereocenters. The lowest BCUT2D eigenvalue weighted by molar-refractivity contribution is -0.285. The van der Waals surface area contributed by atoms with Gasteiger partial charge < -0.3 is 5.11 Å². The highest BCUT2D eigenvalue weighted by molar-refractivity contribution is 7.79. The molecule has 0 aliphatic heterocycles. The zero-order valence-corrected chi connectivity index (χ0v) is 17.2. The van der Waals surface area contributed by atoms with E-state index in [9.17, 15) is 5.11 Å². The molecule has 0 saturated heterocycles. The summed E-state index contributed by atoms with van der Waals surface area (Å²) in [6.07, 6.45) is 11.6. The molecule has 0 N–H and O–H groups in total. The predicted molar refractivity (Wildman–Crippen MR) is 110 cm³/mol. The molecule has 0 radical (unpaired) electrons. The molecule has 1 rings (SSSR count). The molecule has 1 nitrogen and oxygen atoms in total. The average Bonchev–Trinajstić information content (AvgIpc) is 2.63. The molecule has 24 heavy (non-hydrogen) atoms. The third-order valence-corrected chi connectivity index (χ3v) is 9.63. The monoisotopic (exact) mass is 348 g/mol. The Morgan fingerprint density at radius 2 is 1.25 bits per heavy atom. The van der Waals surface area contributed by atoms with Crippen LogP contribution in [0.3, 0.4) is 0 Å². The lowest BCUT2D eigenvalue weighted by Gasteiger charge is -2.35. The van der Waals surface area contributed by atoms with Gasteiger partial charge >= 0.3 is 0 Å². The molecule has 136 valence electrons. The average molecular weight is 349 g/mol. The van der Waals surface area contributed by atoms with Gasteiger partial charge in [-0.3, -0.25) is 0 Å². The number of rotatable bonds is 12. The van der Waals surface area contributed by atoms with Crippen molar-refractivity contribution in [2.24, 2.45) is 0 Å². The Balaban J connectivity index is 3.31. The van der Waals surface area contributed by atoms with E-state index in [1.165, 1.54) is 57.0 Å². The maximum absolute atomic E-state index is 13.7. The molecule has 0 saturated carbocycles. The number of hydrogen-bond donors (Lipinski definition) is 0. The fourth-order valence-electron chi connectivity index (χ4n) is 3.43. The van der Waals surface area contributed by atoms with Gasteiger partial charge in [-0.25, -0.2) is 0 Å². The summed E-state index contributed by atoms with van der Waals surface area (Å²) in [7, 11) is -1.55. The standard InChI is InChI=1S/C22H37OP/c1-5-9-17-24(18-10-6-2,19-11-7-3)22(23)21(8-4)20-15-13-12-14-16-20/h12-16H,5-11,17-19H2,1-4H3/b22-21+. The van der Waals surface area contributed by atoms with Gasteiger partial charge in [0, 0.05) is 12.8 Å². The number of allylic oxidation sites excluding steroid dienone is 1. The Hall–Kier alpha value is -0.810. The maximum atomic E-state index is 13.7. The van der Waals surface area contributed by atoms with E-state index in [0.717, 1.165) is 17.6 Å². The van der Waals surface area contributed by atoms with Gasteiger partial charge in [0.15, 0.2) is 0 Å². The van der Waals surface area contributed by atoms with Crippen LogP contribution in [-0.2, 0) is 0 Å². The van der Waals surface area contributed by atoms with Gasteiger partial charge in [0.05, 0.1) is 18.5 Å². The molecular weight excluding hydrogens is 311 g/mol. The molecule has 0 bridgehead atoms. The van der Waals surface area contributed by atoms with Crippen molar-refractivity contribution >= 4 is 12.8 Å². The molecule has 0 aliphatic carbocycles. The highest BCUT2D eigenvalue weighted by Gasteiger charge is 2.36. The second-order valence-electron chi connectivity index (χ2n) is 6.88. The minimum Gasteiger partial charge on any atom is -0.845 e. The normalized spacial score (nSPS) is 13.0. The zero-order chi connectivity index (χ0) is 17.8. The van der Waals surface area contributed by atoms with Crippen LogP contribution in [0.1, 0.15) is 78.2 Å².